The number of aryl methyl sites for hydroxylation is 1. The van der Waals surface area contributed by atoms with Gasteiger partial charge in [-0.15, -0.1) is 0 Å². The second-order valence-electron chi connectivity index (χ2n) is 7.81. The second kappa shape index (κ2) is 7.67. The minimum atomic E-state index is -0.261. The lowest BCUT2D eigenvalue weighted by Crippen LogP contribution is -2.33. The SMILES string of the molecule is Cc1cc(Nc2cccc(F)c2)cc(C2CCN(C(=O)C3CCCC3)C2)n1. The van der Waals surface area contributed by atoms with Crippen LogP contribution < -0.4 is 5.32 Å². The van der Waals surface area contributed by atoms with Gasteiger partial charge in [0.15, 0.2) is 0 Å². The standard InChI is InChI=1S/C22H26FN3O/c1-15-11-20(25-19-8-4-7-18(23)12-19)13-21(24-15)17-9-10-26(14-17)22(27)16-5-2-3-6-16/h4,7-8,11-13,16-17H,2-3,5-6,9-10,14H2,1H3,(H,24,25). The molecule has 1 amide bonds. The predicted molar refractivity (Wildman–Crippen MR) is 105 cm³/mol. The number of carbonyl (C=O) groups is 1. The van der Waals surface area contributed by atoms with E-state index < -0.39 is 0 Å². The van der Waals surface area contributed by atoms with Gasteiger partial charge in [0, 0.05) is 47.7 Å². The highest BCUT2D eigenvalue weighted by molar-refractivity contribution is 5.79. The Kier molecular flexibility index (Phi) is 5.10. The van der Waals surface area contributed by atoms with Crippen LogP contribution in [-0.2, 0) is 4.79 Å². The molecule has 1 aromatic heterocycles. The zero-order chi connectivity index (χ0) is 18.8. The number of rotatable bonds is 4. The van der Waals surface area contributed by atoms with Gasteiger partial charge in [-0.1, -0.05) is 18.9 Å². The Morgan fingerprint density at radius 1 is 1.15 bits per heavy atom. The normalized spacial score (nSPS) is 20.2. The van der Waals surface area contributed by atoms with Crippen LogP contribution in [0.25, 0.3) is 0 Å². The molecular weight excluding hydrogens is 341 g/mol. The predicted octanol–water partition coefficient (Wildman–Crippen LogP) is 4.78. The number of anilines is 2. The highest BCUT2D eigenvalue weighted by Gasteiger charge is 2.33. The van der Waals surface area contributed by atoms with E-state index in [4.69, 9.17) is 4.98 Å². The first-order chi connectivity index (χ1) is 13.1. The molecule has 1 aliphatic carbocycles. The van der Waals surface area contributed by atoms with Crippen molar-refractivity contribution in [2.75, 3.05) is 18.4 Å². The van der Waals surface area contributed by atoms with Crippen LogP contribution in [0, 0.1) is 18.7 Å². The largest absolute Gasteiger partial charge is 0.355 e. The molecule has 1 aliphatic heterocycles. The zero-order valence-electron chi connectivity index (χ0n) is 15.7. The van der Waals surface area contributed by atoms with Crippen molar-refractivity contribution in [3.8, 4) is 0 Å². The van der Waals surface area contributed by atoms with Gasteiger partial charge < -0.3 is 10.2 Å². The number of hydrogen-bond acceptors (Lipinski definition) is 3. The van der Waals surface area contributed by atoms with E-state index in [1.807, 2.05) is 30.0 Å². The molecule has 2 aromatic rings. The van der Waals surface area contributed by atoms with Gasteiger partial charge in [-0.05, 0) is 56.5 Å². The van der Waals surface area contributed by atoms with Gasteiger partial charge in [-0.3, -0.25) is 9.78 Å². The molecule has 27 heavy (non-hydrogen) atoms. The van der Waals surface area contributed by atoms with Crippen LogP contribution in [0.5, 0.6) is 0 Å². The molecule has 1 unspecified atom stereocenters. The Labute approximate surface area is 159 Å². The van der Waals surface area contributed by atoms with E-state index in [1.165, 1.54) is 25.0 Å². The van der Waals surface area contributed by atoms with E-state index in [1.54, 1.807) is 6.07 Å². The van der Waals surface area contributed by atoms with Gasteiger partial charge in [0.05, 0.1) is 0 Å². The summed E-state index contributed by atoms with van der Waals surface area (Å²) in [6.45, 7) is 3.55. The van der Waals surface area contributed by atoms with E-state index >= 15 is 0 Å². The number of carbonyl (C=O) groups excluding carboxylic acids is 1. The average Bonchev–Trinajstić information content (AvgIpc) is 3.33. The number of amides is 1. The summed E-state index contributed by atoms with van der Waals surface area (Å²) in [5.41, 5.74) is 3.56. The van der Waals surface area contributed by atoms with Crippen molar-refractivity contribution in [3.05, 3.63) is 53.6 Å². The highest BCUT2D eigenvalue weighted by atomic mass is 19.1. The number of pyridine rings is 1. The summed E-state index contributed by atoms with van der Waals surface area (Å²) in [4.78, 5) is 19.4. The molecule has 2 fully saturated rings. The fourth-order valence-electron chi connectivity index (χ4n) is 4.34. The number of likely N-dealkylation sites (tertiary alicyclic amines) is 1. The fourth-order valence-corrected chi connectivity index (χ4v) is 4.34. The topological polar surface area (TPSA) is 45.2 Å². The number of benzene rings is 1. The van der Waals surface area contributed by atoms with Crippen LogP contribution >= 0.6 is 0 Å². The average molecular weight is 367 g/mol. The first-order valence-corrected chi connectivity index (χ1v) is 9.88. The molecule has 1 saturated carbocycles. The monoisotopic (exact) mass is 367 g/mol. The molecule has 142 valence electrons. The molecule has 5 heteroatoms. The summed E-state index contributed by atoms with van der Waals surface area (Å²) < 4.78 is 13.4. The van der Waals surface area contributed by atoms with Gasteiger partial charge >= 0.3 is 0 Å². The molecule has 0 bridgehead atoms. The molecule has 1 saturated heterocycles. The second-order valence-corrected chi connectivity index (χ2v) is 7.81. The maximum absolute atomic E-state index is 13.4. The molecule has 1 atom stereocenters. The third-order valence-corrected chi connectivity index (χ3v) is 5.71. The van der Waals surface area contributed by atoms with E-state index in [-0.39, 0.29) is 17.7 Å². The summed E-state index contributed by atoms with van der Waals surface area (Å²) in [6.07, 6.45) is 5.41. The summed E-state index contributed by atoms with van der Waals surface area (Å²) in [6, 6.07) is 10.4. The fraction of sp³-hybridized carbons (Fsp3) is 0.455. The molecular formula is C22H26FN3O. The first-order valence-electron chi connectivity index (χ1n) is 9.88. The van der Waals surface area contributed by atoms with E-state index in [0.717, 1.165) is 55.1 Å². The van der Waals surface area contributed by atoms with Crippen molar-refractivity contribution in [3.63, 3.8) is 0 Å². The first kappa shape index (κ1) is 18.0. The molecule has 0 radical (unpaired) electrons. The Balaban J connectivity index is 1.47. The Morgan fingerprint density at radius 2 is 1.96 bits per heavy atom. The van der Waals surface area contributed by atoms with Crippen molar-refractivity contribution in [1.82, 2.24) is 9.88 Å². The van der Waals surface area contributed by atoms with E-state index in [9.17, 15) is 9.18 Å². The van der Waals surface area contributed by atoms with Crippen LogP contribution in [0.15, 0.2) is 36.4 Å². The zero-order valence-corrected chi connectivity index (χ0v) is 15.7. The lowest BCUT2D eigenvalue weighted by atomic mass is 10.0. The Hall–Kier alpha value is -2.43. The van der Waals surface area contributed by atoms with E-state index in [2.05, 4.69) is 5.32 Å². The number of nitrogens with one attached hydrogen (secondary N) is 1. The summed E-state index contributed by atoms with van der Waals surface area (Å²) in [5, 5.41) is 3.27. The number of halogens is 1. The van der Waals surface area contributed by atoms with Crippen LogP contribution in [0.4, 0.5) is 15.8 Å². The van der Waals surface area contributed by atoms with Gasteiger partial charge in [-0.2, -0.15) is 0 Å². The molecule has 4 nitrogen and oxygen atoms in total. The van der Waals surface area contributed by atoms with E-state index in [0.29, 0.717) is 5.91 Å². The Morgan fingerprint density at radius 3 is 2.74 bits per heavy atom. The van der Waals surface area contributed by atoms with Crippen molar-refractivity contribution in [2.45, 2.75) is 44.9 Å². The molecule has 1 N–H and O–H groups in total. The highest BCUT2D eigenvalue weighted by Crippen LogP contribution is 2.33. The molecule has 4 rings (SSSR count). The molecule has 0 spiro atoms. The van der Waals surface area contributed by atoms with Crippen molar-refractivity contribution >= 4 is 17.3 Å². The van der Waals surface area contributed by atoms with Crippen molar-refractivity contribution in [2.24, 2.45) is 5.92 Å². The van der Waals surface area contributed by atoms with Crippen LogP contribution in [0.2, 0.25) is 0 Å². The van der Waals surface area contributed by atoms with Gasteiger partial charge in [0.2, 0.25) is 5.91 Å². The maximum atomic E-state index is 13.4. The minimum Gasteiger partial charge on any atom is -0.355 e. The van der Waals surface area contributed by atoms with Gasteiger partial charge in [-0.25, -0.2) is 4.39 Å². The third kappa shape index (κ3) is 4.12. The quantitative estimate of drug-likeness (QED) is 0.846. The van der Waals surface area contributed by atoms with Crippen molar-refractivity contribution in [1.29, 1.82) is 0 Å². The van der Waals surface area contributed by atoms with Gasteiger partial charge in [0.1, 0.15) is 5.82 Å². The van der Waals surface area contributed by atoms with Gasteiger partial charge in [0.25, 0.3) is 0 Å². The van der Waals surface area contributed by atoms with Crippen LogP contribution in [0.3, 0.4) is 0 Å². The molecule has 2 heterocycles. The minimum absolute atomic E-state index is 0.236. The number of aromatic nitrogens is 1. The molecule has 2 aliphatic rings. The summed E-state index contributed by atoms with van der Waals surface area (Å²) in [5.74, 6) is 0.575. The maximum Gasteiger partial charge on any atom is 0.225 e. The smallest absolute Gasteiger partial charge is 0.225 e. The van der Waals surface area contributed by atoms with Crippen molar-refractivity contribution < 1.29 is 9.18 Å². The summed E-state index contributed by atoms with van der Waals surface area (Å²) >= 11 is 0. The number of nitrogens with zero attached hydrogens (tertiary/aromatic N) is 2. The van der Waals surface area contributed by atoms with Crippen LogP contribution in [-0.4, -0.2) is 28.9 Å². The van der Waals surface area contributed by atoms with Crippen LogP contribution in [0.1, 0.15) is 49.4 Å². The third-order valence-electron chi connectivity index (χ3n) is 5.71. The lowest BCUT2D eigenvalue weighted by Gasteiger charge is -2.20. The lowest BCUT2D eigenvalue weighted by molar-refractivity contribution is -0.134. The Bertz CT molecular complexity index is 832. The molecule has 1 aromatic carbocycles. The number of hydrogen-bond donors (Lipinski definition) is 1. The summed E-state index contributed by atoms with van der Waals surface area (Å²) in [7, 11) is 0.